The van der Waals surface area contributed by atoms with Gasteiger partial charge in [0, 0.05) is 13.1 Å². The summed E-state index contributed by atoms with van der Waals surface area (Å²) in [4.78, 5) is 12.1. The Morgan fingerprint density at radius 2 is 2.20 bits per heavy atom. The lowest BCUT2D eigenvalue weighted by molar-refractivity contribution is -0.125. The molecular weight excluding hydrogens is 252 g/mol. The Morgan fingerprint density at radius 1 is 1.40 bits per heavy atom. The van der Waals surface area contributed by atoms with E-state index in [9.17, 15) is 4.79 Å². The zero-order valence-electron chi connectivity index (χ0n) is 12.6. The Hall–Kier alpha value is -1.55. The van der Waals surface area contributed by atoms with Crippen molar-refractivity contribution >= 4 is 5.91 Å². The molecule has 4 nitrogen and oxygen atoms in total. The van der Waals surface area contributed by atoms with Crippen molar-refractivity contribution in [1.82, 2.24) is 10.6 Å². The van der Waals surface area contributed by atoms with E-state index in [2.05, 4.69) is 17.6 Å². The number of benzene rings is 1. The molecule has 1 aliphatic heterocycles. The molecule has 4 heteroatoms. The van der Waals surface area contributed by atoms with Gasteiger partial charge in [-0.05, 0) is 56.0 Å². The first kappa shape index (κ1) is 14.9. The zero-order chi connectivity index (χ0) is 14.5. The molecule has 1 fully saturated rings. The van der Waals surface area contributed by atoms with Gasteiger partial charge in [0.2, 0.25) is 5.91 Å². The maximum atomic E-state index is 12.1. The second kappa shape index (κ2) is 6.75. The van der Waals surface area contributed by atoms with Crippen LogP contribution in [0.1, 0.15) is 29.5 Å². The minimum absolute atomic E-state index is 0.114. The van der Waals surface area contributed by atoms with Gasteiger partial charge in [-0.2, -0.15) is 0 Å². The van der Waals surface area contributed by atoms with Crippen LogP contribution in [0.15, 0.2) is 12.1 Å². The molecule has 1 unspecified atom stereocenters. The number of methoxy groups -OCH3 is 1. The second-order valence-electron chi connectivity index (χ2n) is 5.44. The van der Waals surface area contributed by atoms with Crippen LogP contribution in [0.4, 0.5) is 0 Å². The number of rotatable bonds is 4. The molecular formula is C16H24N2O2. The van der Waals surface area contributed by atoms with Gasteiger partial charge in [-0.25, -0.2) is 0 Å². The fourth-order valence-electron chi connectivity index (χ4n) is 2.67. The third kappa shape index (κ3) is 3.31. The van der Waals surface area contributed by atoms with E-state index < -0.39 is 0 Å². The van der Waals surface area contributed by atoms with Gasteiger partial charge in [-0.3, -0.25) is 4.79 Å². The van der Waals surface area contributed by atoms with Gasteiger partial charge in [0.05, 0.1) is 13.0 Å². The van der Waals surface area contributed by atoms with Crippen LogP contribution in [0.25, 0.3) is 0 Å². The fraction of sp³-hybridized carbons (Fsp3) is 0.562. The molecule has 1 heterocycles. The Morgan fingerprint density at radius 3 is 2.85 bits per heavy atom. The molecule has 0 aromatic heterocycles. The fourth-order valence-corrected chi connectivity index (χ4v) is 2.67. The summed E-state index contributed by atoms with van der Waals surface area (Å²) >= 11 is 0. The van der Waals surface area contributed by atoms with Gasteiger partial charge >= 0.3 is 0 Å². The highest BCUT2D eigenvalue weighted by Crippen LogP contribution is 2.23. The maximum absolute atomic E-state index is 12.1. The number of ether oxygens (including phenoxy) is 1. The van der Waals surface area contributed by atoms with Crippen molar-refractivity contribution in [2.75, 3.05) is 20.2 Å². The summed E-state index contributed by atoms with van der Waals surface area (Å²) in [6.07, 6.45) is 2.07. The van der Waals surface area contributed by atoms with Gasteiger partial charge < -0.3 is 15.4 Å². The Kier molecular flexibility index (Phi) is 5.01. The smallest absolute Gasteiger partial charge is 0.224 e. The van der Waals surface area contributed by atoms with Crippen LogP contribution in [0.5, 0.6) is 5.75 Å². The molecule has 20 heavy (non-hydrogen) atoms. The van der Waals surface area contributed by atoms with E-state index in [1.54, 1.807) is 7.11 Å². The molecule has 2 N–H and O–H groups in total. The number of amides is 1. The monoisotopic (exact) mass is 276 g/mol. The number of hydrogen-bond donors (Lipinski definition) is 2. The average Bonchev–Trinajstić information content (AvgIpc) is 2.49. The Bertz CT molecular complexity index is 480. The van der Waals surface area contributed by atoms with E-state index in [1.807, 2.05) is 19.1 Å². The first-order chi connectivity index (χ1) is 9.63. The summed E-state index contributed by atoms with van der Waals surface area (Å²) in [5.41, 5.74) is 3.48. The minimum Gasteiger partial charge on any atom is -0.496 e. The highest BCUT2D eigenvalue weighted by atomic mass is 16.5. The molecule has 1 saturated heterocycles. The van der Waals surface area contributed by atoms with E-state index >= 15 is 0 Å². The molecule has 2 rings (SSSR count). The molecule has 1 amide bonds. The molecule has 0 spiro atoms. The highest BCUT2D eigenvalue weighted by molar-refractivity contribution is 5.79. The van der Waals surface area contributed by atoms with E-state index in [4.69, 9.17) is 4.74 Å². The molecule has 0 aliphatic carbocycles. The lowest BCUT2D eigenvalue weighted by Crippen LogP contribution is -2.40. The standard InChI is InChI=1S/C16H24N2O2/c1-11-12(2)15(20-3)7-6-13(11)10-18-16(19)14-5-4-8-17-9-14/h6-7,14,17H,4-5,8-10H2,1-3H3,(H,18,19). The maximum Gasteiger partial charge on any atom is 0.224 e. The van der Waals surface area contributed by atoms with Crippen LogP contribution in [-0.2, 0) is 11.3 Å². The lowest BCUT2D eigenvalue weighted by Gasteiger charge is -2.22. The zero-order valence-corrected chi connectivity index (χ0v) is 12.6. The highest BCUT2D eigenvalue weighted by Gasteiger charge is 2.20. The van der Waals surface area contributed by atoms with Crippen molar-refractivity contribution in [2.45, 2.75) is 33.2 Å². The van der Waals surface area contributed by atoms with Gasteiger partial charge in [0.15, 0.2) is 0 Å². The van der Waals surface area contributed by atoms with Crippen LogP contribution in [0.3, 0.4) is 0 Å². The molecule has 0 saturated carbocycles. The number of hydrogen-bond acceptors (Lipinski definition) is 3. The van der Waals surface area contributed by atoms with Crippen LogP contribution >= 0.6 is 0 Å². The normalized spacial score (nSPS) is 18.6. The van der Waals surface area contributed by atoms with Gasteiger partial charge in [0.1, 0.15) is 5.75 Å². The van der Waals surface area contributed by atoms with E-state index in [0.29, 0.717) is 6.54 Å². The summed E-state index contributed by atoms with van der Waals surface area (Å²) in [7, 11) is 1.68. The van der Waals surface area contributed by atoms with Gasteiger partial charge in [0.25, 0.3) is 0 Å². The summed E-state index contributed by atoms with van der Waals surface area (Å²) in [5, 5.41) is 6.33. The van der Waals surface area contributed by atoms with Crippen LogP contribution in [0, 0.1) is 19.8 Å². The molecule has 110 valence electrons. The van der Waals surface area contributed by atoms with Crippen molar-refractivity contribution in [2.24, 2.45) is 5.92 Å². The summed E-state index contributed by atoms with van der Waals surface area (Å²) in [6, 6.07) is 3.99. The Balaban J connectivity index is 1.96. The summed E-state index contributed by atoms with van der Waals surface area (Å²) in [5.74, 6) is 1.17. The minimum atomic E-state index is 0.114. The molecule has 0 radical (unpaired) electrons. The van der Waals surface area contributed by atoms with Crippen LogP contribution in [-0.4, -0.2) is 26.1 Å². The second-order valence-corrected chi connectivity index (χ2v) is 5.44. The molecule has 1 atom stereocenters. The molecule has 1 aromatic rings. The predicted molar refractivity (Wildman–Crippen MR) is 79.9 cm³/mol. The lowest BCUT2D eigenvalue weighted by atomic mass is 9.98. The van der Waals surface area contributed by atoms with Crippen molar-refractivity contribution in [3.63, 3.8) is 0 Å². The van der Waals surface area contributed by atoms with Crippen molar-refractivity contribution in [1.29, 1.82) is 0 Å². The first-order valence-corrected chi connectivity index (χ1v) is 7.25. The van der Waals surface area contributed by atoms with Crippen molar-refractivity contribution < 1.29 is 9.53 Å². The quantitative estimate of drug-likeness (QED) is 0.883. The predicted octanol–water partition coefficient (Wildman–Crippen LogP) is 1.93. The largest absolute Gasteiger partial charge is 0.496 e. The van der Waals surface area contributed by atoms with E-state index in [-0.39, 0.29) is 11.8 Å². The summed E-state index contributed by atoms with van der Waals surface area (Å²) in [6.45, 7) is 6.53. The van der Waals surface area contributed by atoms with Crippen molar-refractivity contribution in [3.05, 3.63) is 28.8 Å². The number of piperidine rings is 1. The third-order valence-corrected chi connectivity index (χ3v) is 4.19. The topological polar surface area (TPSA) is 50.4 Å². The van der Waals surface area contributed by atoms with Crippen molar-refractivity contribution in [3.8, 4) is 5.75 Å². The van der Waals surface area contributed by atoms with Crippen LogP contribution < -0.4 is 15.4 Å². The summed E-state index contributed by atoms with van der Waals surface area (Å²) < 4.78 is 5.31. The first-order valence-electron chi connectivity index (χ1n) is 7.25. The molecule has 1 aliphatic rings. The van der Waals surface area contributed by atoms with E-state index in [0.717, 1.165) is 42.8 Å². The third-order valence-electron chi connectivity index (χ3n) is 4.19. The van der Waals surface area contributed by atoms with E-state index in [1.165, 1.54) is 5.56 Å². The van der Waals surface area contributed by atoms with Gasteiger partial charge in [-0.1, -0.05) is 6.07 Å². The van der Waals surface area contributed by atoms with Gasteiger partial charge in [-0.15, -0.1) is 0 Å². The number of nitrogens with one attached hydrogen (secondary N) is 2. The average molecular weight is 276 g/mol. The number of carbonyl (C=O) groups is 1. The molecule has 1 aromatic carbocycles. The SMILES string of the molecule is COc1ccc(CNC(=O)C2CCCNC2)c(C)c1C. The Labute approximate surface area is 120 Å². The van der Waals surface area contributed by atoms with Crippen LogP contribution in [0.2, 0.25) is 0 Å². The molecule has 0 bridgehead atoms. The number of carbonyl (C=O) groups excluding carboxylic acids is 1.